The van der Waals surface area contributed by atoms with E-state index in [9.17, 15) is 8.42 Å². The lowest BCUT2D eigenvalue weighted by molar-refractivity contribution is 0.115. The minimum Gasteiger partial charge on any atom is -0.316 e. The molecule has 110 valence electrons. The monoisotopic (exact) mass is 293 g/mol. The fourth-order valence-corrected chi connectivity index (χ4v) is 6.10. The quantitative estimate of drug-likeness (QED) is 0.907. The van der Waals surface area contributed by atoms with Gasteiger partial charge >= 0.3 is 0 Å². The average Bonchev–Trinajstić information content (AvgIpc) is 2.42. The minimum atomic E-state index is -2.84. The zero-order valence-electron chi connectivity index (χ0n) is 11.8. The fourth-order valence-electron chi connectivity index (χ4n) is 3.97. The van der Waals surface area contributed by atoms with Crippen LogP contribution >= 0.6 is 0 Å². The van der Waals surface area contributed by atoms with Crippen molar-refractivity contribution >= 4 is 9.84 Å². The Kier molecular flexibility index (Phi) is 3.87. The normalized spacial score (nSPS) is 33.1. The summed E-state index contributed by atoms with van der Waals surface area (Å²) in [4.78, 5) is 0. The van der Waals surface area contributed by atoms with Crippen molar-refractivity contribution in [2.75, 3.05) is 24.6 Å². The van der Waals surface area contributed by atoms with Crippen molar-refractivity contribution in [2.24, 2.45) is 11.3 Å². The van der Waals surface area contributed by atoms with Gasteiger partial charge < -0.3 is 5.32 Å². The molecule has 2 fully saturated rings. The largest absolute Gasteiger partial charge is 0.316 e. The van der Waals surface area contributed by atoms with Crippen LogP contribution in [0.2, 0.25) is 0 Å². The molecule has 2 saturated heterocycles. The van der Waals surface area contributed by atoms with Gasteiger partial charge in [-0.1, -0.05) is 30.3 Å². The molecule has 0 bridgehead atoms. The molecule has 1 aromatic carbocycles. The van der Waals surface area contributed by atoms with E-state index in [-0.39, 0.29) is 5.41 Å². The molecule has 3 nitrogen and oxygen atoms in total. The van der Waals surface area contributed by atoms with E-state index >= 15 is 0 Å². The van der Waals surface area contributed by atoms with Gasteiger partial charge in [0, 0.05) is 0 Å². The number of rotatable bonds is 2. The van der Waals surface area contributed by atoms with E-state index in [1.807, 2.05) is 6.07 Å². The maximum atomic E-state index is 12.1. The summed E-state index contributed by atoms with van der Waals surface area (Å²) in [5, 5.41) is 3.46. The van der Waals surface area contributed by atoms with E-state index in [0.717, 1.165) is 38.8 Å². The van der Waals surface area contributed by atoms with Gasteiger partial charge in [-0.2, -0.15) is 0 Å². The van der Waals surface area contributed by atoms with Crippen LogP contribution in [-0.2, 0) is 16.3 Å². The maximum Gasteiger partial charge on any atom is 0.150 e. The molecule has 2 unspecified atom stereocenters. The first kappa shape index (κ1) is 14.1. The summed E-state index contributed by atoms with van der Waals surface area (Å²) < 4.78 is 24.2. The van der Waals surface area contributed by atoms with Crippen LogP contribution in [0.3, 0.4) is 0 Å². The molecule has 1 N–H and O–H groups in total. The molecule has 2 aliphatic heterocycles. The van der Waals surface area contributed by atoms with E-state index in [0.29, 0.717) is 17.4 Å². The molecule has 0 aromatic heterocycles. The second-order valence-corrected chi connectivity index (χ2v) is 8.58. The standard InChI is InChI=1S/C16H23NO2S/c18-20(19)10-4-7-16(13-20)8-9-17-12-15(16)11-14-5-2-1-3-6-14/h1-3,5-6,15,17H,4,7-13H2. The molecular formula is C16H23NO2S. The van der Waals surface area contributed by atoms with Crippen molar-refractivity contribution < 1.29 is 8.42 Å². The van der Waals surface area contributed by atoms with Crippen LogP contribution in [0, 0.1) is 11.3 Å². The summed E-state index contributed by atoms with van der Waals surface area (Å²) in [5.41, 5.74) is 1.33. The highest BCUT2D eigenvalue weighted by Gasteiger charge is 2.45. The third-order valence-corrected chi connectivity index (χ3v) is 6.94. The Morgan fingerprint density at radius 3 is 2.75 bits per heavy atom. The van der Waals surface area contributed by atoms with E-state index in [1.165, 1.54) is 5.56 Å². The van der Waals surface area contributed by atoms with Crippen LogP contribution in [0.4, 0.5) is 0 Å². The van der Waals surface area contributed by atoms with Crippen molar-refractivity contribution in [1.82, 2.24) is 5.32 Å². The van der Waals surface area contributed by atoms with Gasteiger partial charge in [0.15, 0.2) is 9.84 Å². The van der Waals surface area contributed by atoms with Crippen molar-refractivity contribution in [1.29, 1.82) is 0 Å². The number of hydrogen-bond acceptors (Lipinski definition) is 3. The fraction of sp³-hybridized carbons (Fsp3) is 0.625. The van der Waals surface area contributed by atoms with Crippen molar-refractivity contribution in [2.45, 2.75) is 25.7 Å². The number of sulfone groups is 1. The molecular weight excluding hydrogens is 270 g/mol. The number of nitrogens with one attached hydrogen (secondary N) is 1. The minimum absolute atomic E-state index is 0.0121. The van der Waals surface area contributed by atoms with Crippen LogP contribution in [0.5, 0.6) is 0 Å². The summed E-state index contributed by atoms with van der Waals surface area (Å²) in [7, 11) is -2.84. The van der Waals surface area contributed by atoms with Gasteiger partial charge in [-0.3, -0.25) is 0 Å². The SMILES string of the molecule is O=S1(=O)CCCC2(CCNCC2Cc2ccccc2)C1. The molecule has 0 aliphatic carbocycles. The second-order valence-electron chi connectivity index (χ2n) is 6.40. The predicted octanol–water partition coefficient (Wildman–Crippen LogP) is 2.03. The van der Waals surface area contributed by atoms with Crippen LogP contribution in [0.25, 0.3) is 0 Å². The van der Waals surface area contributed by atoms with E-state index in [2.05, 4.69) is 29.6 Å². The van der Waals surface area contributed by atoms with Crippen molar-refractivity contribution in [3.63, 3.8) is 0 Å². The van der Waals surface area contributed by atoms with Gasteiger partial charge in [-0.05, 0) is 55.7 Å². The van der Waals surface area contributed by atoms with Crippen LogP contribution in [-0.4, -0.2) is 33.0 Å². The lowest BCUT2D eigenvalue weighted by Gasteiger charge is -2.46. The Bertz CT molecular complexity index is 551. The first-order valence-electron chi connectivity index (χ1n) is 7.55. The molecule has 1 aromatic rings. The van der Waals surface area contributed by atoms with Crippen molar-refractivity contribution in [3.8, 4) is 0 Å². The summed E-state index contributed by atoms with van der Waals surface area (Å²) in [6, 6.07) is 10.5. The maximum absolute atomic E-state index is 12.1. The molecule has 1 spiro atoms. The summed E-state index contributed by atoms with van der Waals surface area (Å²) in [6.07, 6.45) is 3.91. The third kappa shape index (κ3) is 2.91. The lowest BCUT2D eigenvalue weighted by Crippen LogP contribution is -2.51. The highest BCUT2D eigenvalue weighted by molar-refractivity contribution is 7.91. The molecule has 4 heteroatoms. The van der Waals surface area contributed by atoms with Gasteiger partial charge in [0.05, 0.1) is 11.5 Å². The smallest absolute Gasteiger partial charge is 0.150 e. The van der Waals surface area contributed by atoms with Crippen molar-refractivity contribution in [3.05, 3.63) is 35.9 Å². The second kappa shape index (κ2) is 5.49. The Balaban J connectivity index is 1.83. The predicted molar refractivity (Wildman–Crippen MR) is 81.4 cm³/mol. The molecule has 2 heterocycles. The number of piperidine rings is 1. The van der Waals surface area contributed by atoms with Crippen LogP contribution in [0.1, 0.15) is 24.8 Å². The van der Waals surface area contributed by atoms with Crippen LogP contribution in [0.15, 0.2) is 30.3 Å². The Morgan fingerprint density at radius 2 is 2.00 bits per heavy atom. The molecule has 0 saturated carbocycles. The molecule has 0 amide bonds. The zero-order chi connectivity index (χ0) is 14.1. The van der Waals surface area contributed by atoms with E-state index in [4.69, 9.17) is 0 Å². The Labute approximate surface area is 121 Å². The van der Waals surface area contributed by atoms with Gasteiger partial charge in [0.25, 0.3) is 0 Å². The third-order valence-electron chi connectivity index (χ3n) is 5.02. The highest BCUT2D eigenvalue weighted by Crippen LogP contribution is 2.44. The molecule has 2 aliphatic rings. The average molecular weight is 293 g/mol. The van der Waals surface area contributed by atoms with E-state index in [1.54, 1.807) is 0 Å². The van der Waals surface area contributed by atoms with Gasteiger partial charge in [-0.25, -0.2) is 8.42 Å². The Hall–Kier alpha value is -0.870. The summed E-state index contributed by atoms with van der Waals surface area (Å²) in [6.45, 7) is 1.91. The first-order chi connectivity index (χ1) is 9.60. The topological polar surface area (TPSA) is 46.2 Å². The first-order valence-corrected chi connectivity index (χ1v) is 9.37. The lowest BCUT2D eigenvalue weighted by atomic mass is 9.67. The van der Waals surface area contributed by atoms with Crippen LogP contribution < -0.4 is 5.32 Å². The van der Waals surface area contributed by atoms with Gasteiger partial charge in [0.2, 0.25) is 0 Å². The molecule has 2 atom stereocenters. The number of hydrogen-bond donors (Lipinski definition) is 1. The zero-order valence-corrected chi connectivity index (χ0v) is 12.7. The molecule has 0 radical (unpaired) electrons. The van der Waals surface area contributed by atoms with Gasteiger partial charge in [-0.15, -0.1) is 0 Å². The summed E-state index contributed by atoms with van der Waals surface area (Å²) >= 11 is 0. The molecule has 20 heavy (non-hydrogen) atoms. The highest BCUT2D eigenvalue weighted by atomic mass is 32.2. The number of benzene rings is 1. The summed E-state index contributed by atoms with van der Waals surface area (Å²) in [5.74, 6) is 1.23. The Morgan fingerprint density at radius 1 is 1.20 bits per heavy atom. The van der Waals surface area contributed by atoms with Gasteiger partial charge in [0.1, 0.15) is 0 Å². The molecule has 3 rings (SSSR count). The van der Waals surface area contributed by atoms with E-state index < -0.39 is 9.84 Å².